The number of hydrogen-bond donors (Lipinski definition) is 2. The lowest BCUT2D eigenvalue weighted by atomic mass is 9.76. The zero-order valence-electron chi connectivity index (χ0n) is 23.2. The third-order valence-corrected chi connectivity index (χ3v) is 6.38. The summed E-state index contributed by atoms with van der Waals surface area (Å²) < 4.78 is 12.8. The van der Waals surface area contributed by atoms with Gasteiger partial charge in [-0.2, -0.15) is 0 Å². The second-order valence-corrected chi connectivity index (χ2v) is 9.86. The molecule has 204 valence electrons. The van der Waals surface area contributed by atoms with E-state index in [-0.39, 0.29) is 23.1 Å². The summed E-state index contributed by atoms with van der Waals surface area (Å²) in [5.41, 5.74) is 1.53. The quantitative estimate of drug-likeness (QED) is 0.241. The zero-order valence-corrected chi connectivity index (χ0v) is 23.2. The Bertz CT molecular complexity index is 1590. The Morgan fingerprint density at radius 2 is 1.07 bits per heavy atom. The summed E-state index contributed by atoms with van der Waals surface area (Å²) in [6, 6.07) is 28.6. The number of Topliss-reactive ketones (excluding diaryl/α,β-unsaturated/α-hetero) is 2. The molecule has 0 bridgehead atoms. The Labute approximate surface area is 233 Å². The molecule has 5 aromatic rings. The van der Waals surface area contributed by atoms with E-state index in [1.54, 1.807) is 19.2 Å². The highest BCUT2D eigenvalue weighted by atomic mass is 16.5. The molecule has 40 heavy (non-hydrogen) atoms. The van der Waals surface area contributed by atoms with E-state index in [1.165, 1.54) is 27.7 Å². The van der Waals surface area contributed by atoms with Gasteiger partial charge in [0.1, 0.15) is 34.6 Å². The number of benzene rings is 5. The summed E-state index contributed by atoms with van der Waals surface area (Å²) in [6.07, 6.45) is 0. The molecule has 0 unspecified atom stereocenters. The number of fused-ring (bicyclic) bond motifs is 4. The summed E-state index contributed by atoms with van der Waals surface area (Å²) >= 11 is 0. The maximum atomic E-state index is 10.5. The van der Waals surface area contributed by atoms with Crippen LogP contribution in [0.25, 0.3) is 21.5 Å². The molecule has 1 aliphatic rings. The van der Waals surface area contributed by atoms with Gasteiger partial charge in [0, 0.05) is 29.0 Å². The lowest BCUT2D eigenvalue weighted by molar-refractivity contribution is -0.115. The summed E-state index contributed by atoms with van der Waals surface area (Å²) in [6.45, 7) is 6.11. The second kappa shape index (κ2) is 11.6. The van der Waals surface area contributed by atoms with Gasteiger partial charge in [0.05, 0.1) is 0 Å². The summed E-state index contributed by atoms with van der Waals surface area (Å²) in [5.74, 6) is 2.07. The molecule has 0 atom stereocenters. The minimum absolute atomic E-state index is 0.167. The predicted octanol–water partition coefficient (Wildman–Crippen LogP) is 7.64. The molecule has 6 rings (SSSR count). The van der Waals surface area contributed by atoms with E-state index in [2.05, 4.69) is 0 Å². The monoisotopic (exact) mass is 536 g/mol. The molecular formula is C34H32O6. The standard InChI is InChI=1S/C28H20O4.2C3H6O/c1-31-28(19-9-3-2-4-10-19)22-15-20-17(7-5-11-24(20)29)13-26(22)32-27-14-18-8-6-12-25(30)21(18)16-23(27)28;2*1-3(2)4/h2-16,29-30H,1H3;2*1-2H3. The number of carbonyl (C=O) groups is 2. The van der Waals surface area contributed by atoms with Crippen molar-refractivity contribution < 1.29 is 29.3 Å². The van der Waals surface area contributed by atoms with Crippen LogP contribution in [-0.4, -0.2) is 28.9 Å². The van der Waals surface area contributed by atoms with Crippen LogP contribution in [-0.2, 0) is 19.9 Å². The highest BCUT2D eigenvalue weighted by Crippen LogP contribution is 2.54. The van der Waals surface area contributed by atoms with Gasteiger partial charge in [-0.15, -0.1) is 0 Å². The van der Waals surface area contributed by atoms with Crippen molar-refractivity contribution in [2.45, 2.75) is 33.3 Å². The third-order valence-electron chi connectivity index (χ3n) is 6.38. The van der Waals surface area contributed by atoms with E-state index >= 15 is 0 Å². The first kappa shape index (κ1) is 28.3. The summed E-state index contributed by atoms with van der Waals surface area (Å²) in [7, 11) is 1.68. The smallest absolute Gasteiger partial charge is 0.150 e. The Morgan fingerprint density at radius 3 is 1.48 bits per heavy atom. The molecule has 0 spiro atoms. The molecule has 0 saturated heterocycles. The van der Waals surface area contributed by atoms with Gasteiger partial charge in [0.2, 0.25) is 0 Å². The molecule has 0 fully saturated rings. The van der Waals surface area contributed by atoms with Gasteiger partial charge in [-0.3, -0.25) is 0 Å². The van der Waals surface area contributed by atoms with Crippen LogP contribution in [0.3, 0.4) is 0 Å². The fourth-order valence-electron chi connectivity index (χ4n) is 4.88. The van der Waals surface area contributed by atoms with E-state index in [4.69, 9.17) is 9.47 Å². The van der Waals surface area contributed by atoms with Crippen LogP contribution < -0.4 is 4.74 Å². The van der Waals surface area contributed by atoms with E-state index in [1.807, 2.05) is 78.9 Å². The van der Waals surface area contributed by atoms with Gasteiger partial charge in [-0.1, -0.05) is 54.6 Å². The Hall–Kier alpha value is -4.68. The molecule has 6 nitrogen and oxygen atoms in total. The molecule has 0 aromatic heterocycles. The lowest BCUT2D eigenvalue weighted by Gasteiger charge is -2.40. The zero-order chi connectivity index (χ0) is 29.0. The van der Waals surface area contributed by atoms with E-state index in [0.717, 1.165) is 38.2 Å². The van der Waals surface area contributed by atoms with Crippen LogP contribution in [0.5, 0.6) is 23.0 Å². The molecule has 1 aliphatic heterocycles. The average molecular weight is 537 g/mol. The minimum atomic E-state index is -0.989. The average Bonchev–Trinajstić information content (AvgIpc) is 2.90. The van der Waals surface area contributed by atoms with Crippen molar-refractivity contribution in [2.24, 2.45) is 0 Å². The lowest BCUT2D eigenvalue weighted by Crippen LogP contribution is -2.34. The first-order valence-electron chi connectivity index (χ1n) is 12.8. The van der Waals surface area contributed by atoms with E-state index in [0.29, 0.717) is 11.5 Å². The normalized spacial score (nSPS) is 12.5. The molecule has 0 amide bonds. The van der Waals surface area contributed by atoms with Crippen LogP contribution in [0.4, 0.5) is 0 Å². The molecule has 0 aliphatic carbocycles. The summed E-state index contributed by atoms with van der Waals surface area (Å²) in [4.78, 5) is 18.9. The van der Waals surface area contributed by atoms with Crippen molar-refractivity contribution in [1.29, 1.82) is 0 Å². The number of hydrogen-bond acceptors (Lipinski definition) is 6. The Kier molecular flexibility index (Phi) is 8.21. The molecule has 0 saturated carbocycles. The number of methoxy groups -OCH3 is 1. The second-order valence-electron chi connectivity index (χ2n) is 9.86. The van der Waals surface area contributed by atoms with Crippen LogP contribution >= 0.6 is 0 Å². The van der Waals surface area contributed by atoms with Gasteiger partial charge >= 0.3 is 0 Å². The Morgan fingerprint density at radius 1 is 0.650 bits per heavy atom. The maximum Gasteiger partial charge on any atom is 0.150 e. The number of ketones is 2. The Balaban J connectivity index is 0.000000412. The van der Waals surface area contributed by atoms with Crippen LogP contribution in [0.2, 0.25) is 0 Å². The first-order valence-corrected chi connectivity index (χ1v) is 12.8. The number of rotatable bonds is 2. The van der Waals surface area contributed by atoms with Gasteiger partial charge < -0.3 is 29.3 Å². The SMILES string of the molecule is CC(C)=O.CC(C)=O.COC1(c2ccccc2)c2cc3c(O)cccc3cc2Oc2cc3cccc(O)c3cc21. The molecular weight excluding hydrogens is 504 g/mol. The molecule has 0 radical (unpaired) electrons. The molecule has 1 heterocycles. The first-order chi connectivity index (χ1) is 19.1. The number of carbonyl (C=O) groups excluding carboxylic acids is 2. The van der Waals surface area contributed by atoms with Crippen molar-refractivity contribution in [3.05, 3.63) is 108 Å². The molecule has 2 N–H and O–H groups in total. The van der Waals surface area contributed by atoms with Gasteiger partial charge in [-0.25, -0.2) is 0 Å². The number of phenols is 2. The van der Waals surface area contributed by atoms with E-state index < -0.39 is 5.60 Å². The third kappa shape index (κ3) is 5.40. The highest BCUT2D eigenvalue weighted by Gasteiger charge is 2.45. The van der Waals surface area contributed by atoms with Crippen molar-refractivity contribution in [3.8, 4) is 23.0 Å². The summed E-state index contributed by atoms with van der Waals surface area (Å²) in [5, 5.41) is 24.3. The van der Waals surface area contributed by atoms with Crippen LogP contribution in [0, 0.1) is 0 Å². The van der Waals surface area contributed by atoms with Crippen molar-refractivity contribution in [3.63, 3.8) is 0 Å². The number of aromatic hydroxyl groups is 2. The number of ether oxygens (including phenoxy) is 2. The van der Waals surface area contributed by atoms with Crippen molar-refractivity contribution in [2.75, 3.05) is 7.11 Å². The number of phenolic OH excluding ortho intramolecular Hbond substituents is 2. The molecule has 5 aromatic carbocycles. The molecule has 6 heteroatoms. The fraction of sp³-hybridized carbons (Fsp3) is 0.176. The van der Waals surface area contributed by atoms with Crippen LogP contribution in [0.1, 0.15) is 44.4 Å². The van der Waals surface area contributed by atoms with Gasteiger partial charge in [0.15, 0.2) is 5.60 Å². The predicted molar refractivity (Wildman–Crippen MR) is 157 cm³/mol. The largest absolute Gasteiger partial charge is 0.507 e. The van der Waals surface area contributed by atoms with Crippen LogP contribution in [0.15, 0.2) is 91.0 Å². The topological polar surface area (TPSA) is 93.1 Å². The van der Waals surface area contributed by atoms with Gasteiger partial charge in [-0.05, 0) is 80.4 Å². The van der Waals surface area contributed by atoms with Crippen molar-refractivity contribution >= 4 is 33.1 Å². The highest BCUT2D eigenvalue weighted by molar-refractivity contribution is 5.94. The fourth-order valence-corrected chi connectivity index (χ4v) is 4.88. The minimum Gasteiger partial charge on any atom is -0.507 e. The van der Waals surface area contributed by atoms with Crippen molar-refractivity contribution in [1.82, 2.24) is 0 Å². The maximum absolute atomic E-state index is 10.5. The van der Waals surface area contributed by atoms with E-state index in [9.17, 15) is 19.8 Å². The van der Waals surface area contributed by atoms with Gasteiger partial charge in [0.25, 0.3) is 0 Å².